The lowest BCUT2D eigenvalue weighted by Crippen LogP contribution is -2.29. The van der Waals surface area contributed by atoms with Crippen molar-refractivity contribution < 1.29 is 14.6 Å². The van der Waals surface area contributed by atoms with Crippen molar-refractivity contribution in [3.8, 4) is 0 Å². The van der Waals surface area contributed by atoms with E-state index in [1.165, 1.54) is 0 Å². The minimum atomic E-state index is -3.45. The summed E-state index contributed by atoms with van der Waals surface area (Å²) >= 11 is 11.6. The number of halogens is 3. The summed E-state index contributed by atoms with van der Waals surface area (Å²) < 4.78 is 12.3. The van der Waals surface area contributed by atoms with Gasteiger partial charge in [0.25, 0.3) is 0 Å². The summed E-state index contributed by atoms with van der Waals surface area (Å²) in [5.74, 6) is 0. The molecule has 0 radical (unpaired) electrons. The van der Waals surface area contributed by atoms with Crippen molar-refractivity contribution in [2.75, 3.05) is 12.7 Å². The normalized spacial score (nSPS) is 14.4. The third-order valence-corrected chi connectivity index (χ3v) is 5.82. The van der Waals surface area contributed by atoms with E-state index in [0.717, 1.165) is 11.1 Å². The Morgan fingerprint density at radius 2 is 1.44 bits per heavy atom. The predicted molar refractivity (Wildman–Crippen MR) is 106 cm³/mol. The quantitative estimate of drug-likeness (QED) is 0.552. The van der Waals surface area contributed by atoms with E-state index in [1.807, 2.05) is 12.1 Å². The highest BCUT2D eigenvalue weighted by molar-refractivity contribution is 7.57. The van der Waals surface area contributed by atoms with Crippen molar-refractivity contribution in [1.29, 1.82) is 0 Å². The number of rotatable bonds is 8. The molecule has 0 amide bonds. The number of hydrogen-bond acceptors (Lipinski definition) is 3. The Kier molecular flexibility index (Phi) is 9.47. The van der Waals surface area contributed by atoms with Gasteiger partial charge in [0.05, 0.1) is 12.3 Å². The van der Waals surface area contributed by atoms with Gasteiger partial charge < -0.3 is 15.3 Å². The SMILES string of the molecule is Cl.O=P(O)(Cc1ccc(Cl)cc1)C[C@@H](O)CNCc1ccc(Cl)cc1. The molecule has 3 N–H and O–H groups in total. The number of hydrogen-bond donors (Lipinski definition) is 3. The van der Waals surface area contributed by atoms with Gasteiger partial charge in [-0.2, -0.15) is 0 Å². The third-order valence-electron chi connectivity index (χ3n) is 3.46. The number of aliphatic hydroxyl groups excluding tert-OH is 1. The highest BCUT2D eigenvalue weighted by atomic mass is 35.5. The van der Waals surface area contributed by atoms with E-state index >= 15 is 0 Å². The molecule has 2 atom stereocenters. The molecule has 0 aromatic heterocycles. The first-order valence-corrected chi connectivity index (χ1v) is 10.3. The van der Waals surface area contributed by atoms with E-state index in [-0.39, 0.29) is 31.3 Å². The van der Waals surface area contributed by atoms with Gasteiger partial charge in [-0.25, -0.2) is 0 Å². The van der Waals surface area contributed by atoms with Crippen molar-refractivity contribution in [1.82, 2.24) is 5.32 Å². The summed E-state index contributed by atoms with van der Waals surface area (Å²) in [7, 11) is -3.45. The smallest absolute Gasteiger partial charge is 0.207 e. The average Bonchev–Trinajstić information content (AvgIpc) is 2.51. The molecule has 0 saturated heterocycles. The molecule has 4 nitrogen and oxygen atoms in total. The molecule has 8 heteroatoms. The fourth-order valence-electron chi connectivity index (χ4n) is 2.32. The second-order valence-corrected chi connectivity index (χ2v) is 8.97. The summed E-state index contributed by atoms with van der Waals surface area (Å²) in [6.45, 7) is 0.801. The lowest BCUT2D eigenvalue weighted by atomic mass is 10.2. The second-order valence-electron chi connectivity index (χ2n) is 5.72. The molecule has 0 spiro atoms. The van der Waals surface area contributed by atoms with Crippen LogP contribution >= 0.6 is 43.0 Å². The van der Waals surface area contributed by atoms with Gasteiger partial charge in [0, 0.05) is 29.3 Å². The largest absolute Gasteiger partial charge is 0.391 e. The van der Waals surface area contributed by atoms with Crippen LogP contribution in [0.15, 0.2) is 48.5 Å². The van der Waals surface area contributed by atoms with Crippen molar-refractivity contribution >= 4 is 43.0 Å². The molecule has 0 saturated carbocycles. The number of aliphatic hydroxyl groups is 1. The molecule has 0 fully saturated rings. The van der Waals surface area contributed by atoms with Gasteiger partial charge >= 0.3 is 0 Å². The van der Waals surface area contributed by atoms with Crippen LogP contribution in [-0.2, 0) is 17.3 Å². The van der Waals surface area contributed by atoms with Gasteiger partial charge in [-0.15, -0.1) is 12.4 Å². The van der Waals surface area contributed by atoms with Crippen LogP contribution in [0.3, 0.4) is 0 Å². The molecular weight excluding hydrogens is 404 g/mol. The van der Waals surface area contributed by atoms with E-state index in [4.69, 9.17) is 23.2 Å². The topological polar surface area (TPSA) is 69.6 Å². The van der Waals surface area contributed by atoms with Crippen LogP contribution in [-0.4, -0.2) is 28.8 Å². The zero-order valence-corrected chi connectivity index (χ0v) is 16.7. The number of nitrogens with one attached hydrogen (secondary N) is 1. The van der Waals surface area contributed by atoms with Crippen LogP contribution in [0, 0.1) is 0 Å². The molecule has 1 unspecified atom stereocenters. The van der Waals surface area contributed by atoms with Crippen molar-refractivity contribution in [3.05, 3.63) is 69.7 Å². The molecule has 0 heterocycles. The Bertz CT molecular complexity index is 695. The fraction of sp³-hybridized carbons (Fsp3) is 0.294. The first-order chi connectivity index (χ1) is 11.3. The average molecular weight is 425 g/mol. The Balaban J connectivity index is 0.00000312. The van der Waals surface area contributed by atoms with Gasteiger partial charge in [0.15, 0.2) is 0 Å². The monoisotopic (exact) mass is 423 g/mol. The number of benzene rings is 2. The molecule has 0 aliphatic carbocycles. The van der Waals surface area contributed by atoms with E-state index in [1.54, 1.807) is 36.4 Å². The Labute approximate surface area is 164 Å². The zero-order chi connectivity index (χ0) is 17.6. The molecule has 138 valence electrons. The molecule has 2 rings (SSSR count). The van der Waals surface area contributed by atoms with Crippen LogP contribution in [0.25, 0.3) is 0 Å². The standard InChI is InChI=1S/C17H20Cl2NO3P.ClH/c18-15-5-1-13(2-6-15)9-20-10-17(21)12-24(22,23)11-14-3-7-16(19)8-4-14;/h1-8,17,20-21H,9-12H2,(H,22,23);1H/t17-;/m0./s1. The van der Waals surface area contributed by atoms with E-state index in [0.29, 0.717) is 16.6 Å². The summed E-state index contributed by atoms with van der Waals surface area (Å²) in [4.78, 5) is 10.1. The maximum Gasteiger partial charge on any atom is 0.207 e. The Morgan fingerprint density at radius 3 is 1.96 bits per heavy atom. The Morgan fingerprint density at radius 1 is 0.960 bits per heavy atom. The predicted octanol–water partition coefficient (Wildman–Crippen LogP) is 4.34. The second kappa shape index (κ2) is 10.5. The van der Waals surface area contributed by atoms with Gasteiger partial charge in [0.2, 0.25) is 7.37 Å². The van der Waals surface area contributed by atoms with Crippen LogP contribution in [0.4, 0.5) is 0 Å². The first kappa shape index (κ1) is 22.5. The minimum absolute atomic E-state index is 0. The van der Waals surface area contributed by atoms with Crippen molar-refractivity contribution in [2.45, 2.75) is 18.8 Å². The highest BCUT2D eigenvalue weighted by Crippen LogP contribution is 2.44. The van der Waals surface area contributed by atoms with E-state index < -0.39 is 13.5 Å². The first-order valence-electron chi connectivity index (χ1n) is 7.52. The molecule has 0 aliphatic rings. The maximum absolute atomic E-state index is 12.3. The zero-order valence-electron chi connectivity index (χ0n) is 13.4. The Hall–Kier alpha value is -0.580. The van der Waals surface area contributed by atoms with E-state index in [2.05, 4.69) is 5.32 Å². The van der Waals surface area contributed by atoms with Gasteiger partial charge in [0.1, 0.15) is 0 Å². The van der Waals surface area contributed by atoms with Gasteiger partial charge in [-0.3, -0.25) is 4.57 Å². The van der Waals surface area contributed by atoms with Crippen molar-refractivity contribution in [2.24, 2.45) is 0 Å². The maximum atomic E-state index is 12.3. The van der Waals surface area contributed by atoms with E-state index in [9.17, 15) is 14.6 Å². The molecule has 2 aromatic carbocycles. The summed E-state index contributed by atoms with van der Waals surface area (Å²) in [5.41, 5.74) is 1.76. The van der Waals surface area contributed by atoms with Crippen LogP contribution < -0.4 is 5.32 Å². The lowest BCUT2D eigenvalue weighted by molar-refractivity contribution is 0.190. The molecule has 0 aliphatic heterocycles. The van der Waals surface area contributed by atoms with Gasteiger partial charge in [-0.05, 0) is 35.4 Å². The highest BCUT2D eigenvalue weighted by Gasteiger charge is 2.23. The van der Waals surface area contributed by atoms with Crippen molar-refractivity contribution in [3.63, 3.8) is 0 Å². The molecule has 25 heavy (non-hydrogen) atoms. The van der Waals surface area contributed by atoms with Crippen LogP contribution in [0.5, 0.6) is 0 Å². The third kappa shape index (κ3) is 8.57. The van der Waals surface area contributed by atoms with Gasteiger partial charge in [-0.1, -0.05) is 47.5 Å². The van der Waals surface area contributed by atoms with Crippen LogP contribution in [0.2, 0.25) is 10.0 Å². The van der Waals surface area contributed by atoms with Crippen LogP contribution in [0.1, 0.15) is 11.1 Å². The summed E-state index contributed by atoms with van der Waals surface area (Å²) in [6, 6.07) is 14.2. The molecular formula is C17H21Cl3NO3P. The summed E-state index contributed by atoms with van der Waals surface area (Å²) in [6.07, 6.45) is -1.01. The summed E-state index contributed by atoms with van der Waals surface area (Å²) in [5, 5.41) is 14.3. The lowest BCUT2D eigenvalue weighted by Gasteiger charge is -2.17. The molecule has 2 aromatic rings. The molecule has 0 bridgehead atoms. The fourth-order valence-corrected chi connectivity index (χ4v) is 4.27. The minimum Gasteiger partial charge on any atom is -0.391 e.